The lowest BCUT2D eigenvalue weighted by atomic mass is 9.86. The monoisotopic (exact) mass is 377 g/mol. The van der Waals surface area contributed by atoms with Gasteiger partial charge in [-0.2, -0.15) is 4.80 Å². The fourth-order valence-electron chi connectivity index (χ4n) is 2.94. The van der Waals surface area contributed by atoms with E-state index in [1.165, 1.54) is 24.1 Å². The minimum Gasteiger partial charge on any atom is -0.351 e. The minimum atomic E-state index is -0.0523. The van der Waals surface area contributed by atoms with Crippen molar-refractivity contribution >= 4 is 21.8 Å². The van der Waals surface area contributed by atoms with Crippen LogP contribution in [0.1, 0.15) is 32.6 Å². The standard InChI is InChI=1S/C16H20BrN5O/c1-11-4-2-3-5-14(11)18-15(23)10-22-20-16(19-21-22)12-6-8-13(17)9-7-12/h6-9,11,14H,2-5,10H2,1H3,(H,18,23). The molecule has 122 valence electrons. The molecule has 1 heterocycles. The highest BCUT2D eigenvalue weighted by Crippen LogP contribution is 2.23. The van der Waals surface area contributed by atoms with Gasteiger partial charge in [0.1, 0.15) is 6.54 Å². The second-order valence-electron chi connectivity index (χ2n) is 6.09. The Morgan fingerprint density at radius 3 is 2.78 bits per heavy atom. The Hall–Kier alpha value is -1.76. The number of hydrogen-bond acceptors (Lipinski definition) is 4. The highest BCUT2D eigenvalue weighted by Gasteiger charge is 2.23. The Bertz CT molecular complexity index is 669. The molecule has 2 atom stereocenters. The van der Waals surface area contributed by atoms with Crippen LogP contribution in [0, 0.1) is 5.92 Å². The van der Waals surface area contributed by atoms with Crippen LogP contribution in [0.4, 0.5) is 0 Å². The van der Waals surface area contributed by atoms with Gasteiger partial charge in [0.15, 0.2) is 0 Å². The summed E-state index contributed by atoms with van der Waals surface area (Å²) in [5.74, 6) is 1.01. The highest BCUT2D eigenvalue weighted by molar-refractivity contribution is 9.10. The van der Waals surface area contributed by atoms with Crippen molar-refractivity contribution in [3.05, 3.63) is 28.7 Å². The number of nitrogens with one attached hydrogen (secondary N) is 1. The summed E-state index contributed by atoms with van der Waals surface area (Å²) < 4.78 is 0.995. The Morgan fingerprint density at radius 2 is 2.04 bits per heavy atom. The fraction of sp³-hybridized carbons (Fsp3) is 0.500. The molecule has 2 unspecified atom stereocenters. The topological polar surface area (TPSA) is 72.7 Å². The van der Waals surface area contributed by atoms with Gasteiger partial charge < -0.3 is 5.32 Å². The van der Waals surface area contributed by atoms with Crippen molar-refractivity contribution in [1.82, 2.24) is 25.5 Å². The summed E-state index contributed by atoms with van der Waals surface area (Å²) in [5, 5.41) is 15.4. The summed E-state index contributed by atoms with van der Waals surface area (Å²) in [6.45, 7) is 2.30. The van der Waals surface area contributed by atoms with Gasteiger partial charge in [0.2, 0.25) is 11.7 Å². The molecule has 3 rings (SSSR count). The smallest absolute Gasteiger partial charge is 0.243 e. The molecule has 1 aromatic carbocycles. The van der Waals surface area contributed by atoms with Crippen molar-refractivity contribution in [2.24, 2.45) is 5.92 Å². The molecule has 1 saturated carbocycles. The maximum absolute atomic E-state index is 12.2. The average molecular weight is 378 g/mol. The zero-order valence-electron chi connectivity index (χ0n) is 13.1. The molecular formula is C16H20BrN5O. The van der Waals surface area contributed by atoms with E-state index in [2.05, 4.69) is 43.6 Å². The maximum atomic E-state index is 12.2. The molecule has 1 amide bonds. The van der Waals surface area contributed by atoms with Crippen molar-refractivity contribution < 1.29 is 4.79 Å². The number of amides is 1. The predicted molar refractivity (Wildman–Crippen MR) is 90.5 cm³/mol. The molecule has 1 N–H and O–H groups in total. The fourth-order valence-corrected chi connectivity index (χ4v) is 3.20. The molecule has 1 aromatic heterocycles. The highest BCUT2D eigenvalue weighted by atomic mass is 79.9. The van der Waals surface area contributed by atoms with Crippen LogP contribution in [0.15, 0.2) is 28.7 Å². The molecule has 1 aliphatic rings. The van der Waals surface area contributed by atoms with E-state index in [-0.39, 0.29) is 18.5 Å². The van der Waals surface area contributed by atoms with Crippen LogP contribution in [-0.2, 0) is 11.3 Å². The number of hydrogen-bond donors (Lipinski definition) is 1. The molecule has 0 saturated heterocycles. The molecule has 0 aliphatic heterocycles. The number of benzene rings is 1. The minimum absolute atomic E-state index is 0.0523. The third-order valence-corrected chi connectivity index (χ3v) is 4.83. The van der Waals surface area contributed by atoms with Crippen LogP contribution >= 0.6 is 15.9 Å². The third kappa shape index (κ3) is 4.16. The number of rotatable bonds is 4. The summed E-state index contributed by atoms with van der Waals surface area (Å²) >= 11 is 3.39. The molecule has 0 radical (unpaired) electrons. The molecule has 23 heavy (non-hydrogen) atoms. The van der Waals surface area contributed by atoms with E-state index in [0.717, 1.165) is 16.5 Å². The molecule has 6 nitrogen and oxygen atoms in total. The number of carbonyl (C=O) groups excluding carboxylic acids is 1. The molecule has 1 fully saturated rings. The van der Waals surface area contributed by atoms with Crippen LogP contribution in [0.3, 0.4) is 0 Å². The van der Waals surface area contributed by atoms with Gasteiger partial charge in [-0.15, -0.1) is 10.2 Å². The molecule has 0 spiro atoms. The van der Waals surface area contributed by atoms with Crippen molar-refractivity contribution in [2.75, 3.05) is 0 Å². The number of carbonyl (C=O) groups is 1. The largest absolute Gasteiger partial charge is 0.351 e. The molecular weight excluding hydrogens is 358 g/mol. The third-order valence-electron chi connectivity index (χ3n) is 4.30. The SMILES string of the molecule is CC1CCCCC1NC(=O)Cn1nnc(-c2ccc(Br)cc2)n1. The molecule has 7 heteroatoms. The Balaban J connectivity index is 1.60. The zero-order valence-corrected chi connectivity index (χ0v) is 14.7. The normalized spacial score (nSPS) is 21.1. The van der Waals surface area contributed by atoms with Crippen LogP contribution in [0.5, 0.6) is 0 Å². The number of halogens is 1. The summed E-state index contributed by atoms with van der Waals surface area (Å²) in [5.41, 5.74) is 0.876. The van der Waals surface area contributed by atoms with E-state index in [1.807, 2.05) is 24.3 Å². The summed E-state index contributed by atoms with van der Waals surface area (Å²) in [6.07, 6.45) is 4.68. The van der Waals surface area contributed by atoms with Crippen molar-refractivity contribution in [3.63, 3.8) is 0 Å². The van der Waals surface area contributed by atoms with E-state index in [4.69, 9.17) is 0 Å². The van der Waals surface area contributed by atoms with E-state index >= 15 is 0 Å². The number of tetrazole rings is 1. The van der Waals surface area contributed by atoms with Crippen molar-refractivity contribution in [3.8, 4) is 11.4 Å². The van der Waals surface area contributed by atoms with Gasteiger partial charge >= 0.3 is 0 Å². The Morgan fingerprint density at radius 1 is 1.30 bits per heavy atom. The van der Waals surface area contributed by atoms with Crippen LogP contribution in [0.2, 0.25) is 0 Å². The quantitative estimate of drug-likeness (QED) is 0.888. The Kier molecular flexibility index (Phi) is 5.05. The second-order valence-corrected chi connectivity index (χ2v) is 7.00. The first kappa shape index (κ1) is 16.1. The van der Waals surface area contributed by atoms with Crippen molar-refractivity contribution in [1.29, 1.82) is 0 Å². The van der Waals surface area contributed by atoms with E-state index < -0.39 is 0 Å². The van der Waals surface area contributed by atoms with Crippen LogP contribution in [0.25, 0.3) is 11.4 Å². The second kappa shape index (κ2) is 7.21. The van der Waals surface area contributed by atoms with E-state index in [9.17, 15) is 4.79 Å². The van der Waals surface area contributed by atoms with Crippen LogP contribution < -0.4 is 5.32 Å². The lowest BCUT2D eigenvalue weighted by Gasteiger charge is -2.29. The van der Waals surface area contributed by atoms with Gasteiger partial charge in [-0.1, -0.05) is 35.7 Å². The van der Waals surface area contributed by atoms with E-state index in [0.29, 0.717) is 11.7 Å². The van der Waals surface area contributed by atoms with Gasteiger partial charge in [-0.05, 0) is 48.2 Å². The summed E-state index contributed by atoms with van der Waals surface area (Å²) in [6, 6.07) is 7.94. The van der Waals surface area contributed by atoms with Gasteiger partial charge in [0.25, 0.3) is 0 Å². The van der Waals surface area contributed by atoms with Gasteiger partial charge in [0.05, 0.1) is 0 Å². The number of nitrogens with zero attached hydrogens (tertiary/aromatic N) is 4. The lowest BCUT2D eigenvalue weighted by Crippen LogP contribution is -2.42. The number of aromatic nitrogens is 4. The molecule has 1 aliphatic carbocycles. The van der Waals surface area contributed by atoms with E-state index in [1.54, 1.807) is 0 Å². The Labute approximate surface area is 143 Å². The summed E-state index contributed by atoms with van der Waals surface area (Å²) in [4.78, 5) is 13.5. The van der Waals surface area contributed by atoms with Crippen LogP contribution in [-0.4, -0.2) is 32.2 Å². The first-order valence-corrected chi connectivity index (χ1v) is 8.74. The first-order chi connectivity index (χ1) is 11.1. The zero-order chi connectivity index (χ0) is 16.2. The van der Waals surface area contributed by atoms with Crippen molar-refractivity contribution in [2.45, 2.75) is 45.2 Å². The predicted octanol–water partition coefficient (Wildman–Crippen LogP) is 2.80. The lowest BCUT2D eigenvalue weighted by molar-refractivity contribution is -0.123. The maximum Gasteiger partial charge on any atom is 0.243 e. The first-order valence-electron chi connectivity index (χ1n) is 7.95. The molecule has 0 bridgehead atoms. The molecule has 2 aromatic rings. The van der Waals surface area contributed by atoms with Gasteiger partial charge in [-0.3, -0.25) is 4.79 Å². The average Bonchev–Trinajstić information content (AvgIpc) is 2.98. The van der Waals surface area contributed by atoms with Gasteiger partial charge in [-0.25, -0.2) is 0 Å². The van der Waals surface area contributed by atoms with Gasteiger partial charge in [0, 0.05) is 16.1 Å². The summed E-state index contributed by atoms with van der Waals surface area (Å²) in [7, 11) is 0.